The lowest BCUT2D eigenvalue weighted by Gasteiger charge is -2.34. The number of halogens is 2. The molecule has 12 aromatic rings. The first-order chi connectivity index (χ1) is 40.8. The van der Waals surface area contributed by atoms with Crippen LogP contribution >= 0.6 is 22.6 Å². The van der Waals surface area contributed by atoms with Crippen molar-refractivity contribution in [3.05, 3.63) is 326 Å². The van der Waals surface area contributed by atoms with Crippen LogP contribution in [0.5, 0.6) is 0 Å². The summed E-state index contributed by atoms with van der Waals surface area (Å²) in [7, 11) is 0. The van der Waals surface area contributed by atoms with Gasteiger partial charge < -0.3 is 15.1 Å². The number of amides is 2. The van der Waals surface area contributed by atoms with Crippen molar-refractivity contribution in [1.29, 1.82) is 0 Å². The average Bonchev–Trinajstić information content (AvgIpc) is 1.97. The van der Waals surface area contributed by atoms with Crippen molar-refractivity contribution in [1.82, 2.24) is 0 Å². The van der Waals surface area contributed by atoms with Crippen LogP contribution in [0.15, 0.2) is 303 Å². The monoisotopic (exact) mass is 1190 g/mol. The van der Waals surface area contributed by atoms with Crippen molar-refractivity contribution in [2.45, 2.75) is 5.41 Å². The third-order valence-corrected chi connectivity index (χ3v) is 15.9. The van der Waals surface area contributed by atoms with E-state index in [1.165, 1.54) is 0 Å². The van der Waals surface area contributed by atoms with Crippen molar-refractivity contribution in [3.8, 4) is 55.6 Å². The van der Waals surface area contributed by atoms with Gasteiger partial charge in [0.25, 0.3) is 3.91 Å². The predicted octanol–water partition coefficient (Wildman–Crippen LogP) is 21.1. The smallest absolute Gasteiger partial charge is 0.317 e. The summed E-state index contributed by atoms with van der Waals surface area (Å²) >= 11 is 1.75. The van der Waals surface area contributed by atoms with Gasteiger partial charge in [0.05, 0.1) is 5.41 Å². The summed E-state index contributed by atoms with van der Waals surface area (Å²) in [6.45, 7) is 0. The van der Waals surface area contributed by atoms with E-state index in [9.17, 15) is 14.0 Å². The first kappa shape index (κ1) is 52.2. The van der Waals surface area contributed by atoms with E-state index in [2.05, 4.69) is 263 Å². The van der Waals surface area contributed by atoms with E-state index in [0.29, 0.717) is 11.4 Å². The van der Waals surface area contributed by atoms with Gasteiger partial charge in [-0.15, -0.1) is 4.39 Å². The lowest BCUT2D eigenvalue weighted by Crippen LogP contribution is -2.28. The maximum Gasteiger partial charge on any atom is 0.401 e. The first-order valence-electron chi connectivity index (χ1n) is 27.4. The molecule has 0 saturated heterocycles. The molecule has 0 radical (unpaired) electrons. The van der Waals surface area contributed by atoms with E-state index in [4.69, 9.17) is 0 Å². The zero-order valence-corrected chi connectivity index (χ0v) is 47.0. The molecule has 0 aromatic heterocycles. The molecule has 0 atom stereocenters. The van der Waals surface area contributed by atoms with Gasteiger partial charge >= 0.3 is 6.16 Å². The molecule has 0 fully saturated rings. The van der Waals surface area contributed by atoms with Gasteiger partial charge in [0.1, 0.15) is 0 Å². The van der Waals surface area contributed by atoms with Gasteiger partial charge in [0.2, 0.25) is 0 Å². The van der Waals surface area contributed by atoms with Crippen LogP contribution in [-0.4, -0.2) is 10.1 Å². The minimum absolute atomic E-state index is 0.192. The Kier molecular flexibility index (Phi) is 14.3. The molecule has 12 aromatic carbocycles. The van der Waals surface area contributed by atoms with E-state index < -0.39 is 11.6 Å². The van der Waals surface area contributed by atoms with Crippen LogP contribution < -0.4 is 20.4 Å². The lowest BCUT2D eigenvalue weighted by atomic mass is 9.67. The first-order valence-corrected chi connectivity index (χ1v) is 28.5. The van der Waals surface area contributed by atoms with E-state index in [1.807, 2.05) is 48.5 Å². The number of hydrogen-bond donors (Lipinski definition) is 2. The predicted molar refractivity (Wildman–Crippen MR) is 348 cm³/mol. The lowest BCUT2D eigenvalue weighted by molar-refractivity contribution is 0.234. The molecule has 2 N–H and O–H groups in total. The van der Waals surface area contributed by atoms with E-state index in [0.717, 1.165) is 112 Å². The third-order valence-electron chi connectivity index (χ3n) is 15.7. The maximum absolute atomic E-state index is 13.8. The molecule has 0 aliphatic heterocycles. The number of hydrogen-bond acceptors (Lipinski definition) is 4. The third kappa shape index (κ3) is 10.4. The Morgan fingerprint density at radius 1 is 0.313 bits per heavy atom. The number of carbonyl (C=O) groups is 2. The van der Waals surface area contributed by atoms with Crippen LogP contribution in [0.25, 0.3) is 55.6 Å². The van der Waals surface area contributed by atoms with Crippen molar-refractivity contribution in [2.24, 2.45) is 0 Å². The molecule has 6 nitrogen and oxygen atoms in total. The number of nitrogens with one attached hydrogen (secondary N) is 2. The summed E-state index contributed by atoms with van der Waals surface area (Å²) in [4.78, 5) is 28.5. The number of anilines is 8. The van der Waals surface area contributed by atoms with Gasteiger partial charge in [-0.1, -0.05) is 194 Å². The van der Waals surface area contributed by atoms with Crippen LogP contribution in [0.3, 0.4) is 0 Å². The molecule has 83 heavy (non-hydrogen) atoms. The molecule has 0 spiro atoms. The second-order valence-corrected chi connectivity index (χ2v) is 21.5. The molecule has 8 heteroatoms. The topological polar surface area (TPSA) is 64.7 Å². The molecule has 1 aliphatic carbocycles. The summed E-state index contributed by atoms with van der Waals surface area (Å²) in [6, 6.07) is 105. The quantitative estimate of drug-likeness (QED) is 0.0647. The Balaban J connectivity index is 0.872. The fourth-order valence-corrected chi connectivity index (χ4v) is 12.1. The summed E-state index contributed by atoms with van der Waals surface area (Å²) < 4.78 is 13.7. The summed E-state index contributed by atoms with van der Waals surface area (Å²) in [5.41, 5.74) is 21.3. The van der Waals surface area contributed by atoms with Crippen LogP contribution in [0.4, 0.5) is 59.5 Å². The standard InChI is InChI=1S/C75H52FIN4O2/c76-73(82)78-61-39-35-59(36-40-61)75(60-37-41-62(42-38-60)79-74(77)83)71-49-57(55-25-21-51(22-26-55)53-29-43-67(44-30-53)80(63-13-5-1-6-14-63)64-15-7-2-8-16-64)33-47-69(71)70-48-34-58(50-72(70)75)56-27-23-52(24-28-56)54-31-45-68(46-32-54)81(65-17-9-3-10-18-65)66-19-11-4-12-20-66/h1-50H,(H,78,82)(H,79,83). The molecule has 2 amide bonds. The Labute approximate surface area is 496 Å². The Morgan fingerprint density at radius 2 is 0.578 bits per heavy atom. The second-order valence-electron chi connectivity index (χ2n) is 20.5. The van der Waals surface area contributed by atoms with Crippen molar-refractivity contribution in [3.63, 3.8) is 0 Å². The zero-order chi connectivity index (χ0) is 56.3. The molecular formula is C75H52FIN4O2. The second kappa shape index (κ2) is 22.8. The van der Waals surface area contributed by atoms with Gasteiger partial charge in [-0.2, -0.15) is 0 Å². The summed E-state index contributed by atoms with van der Waals surface area (Å²) in [5.74, 6) is 0. The number of fused-ring (bicyclic) bond motifs is 3. The fourth-order valence-electron chi connectivity index (χ4n) is 11.8. The minimum Gasteiger partial charge on any atom is -0.317 e. The largest absolute Gasteiger partial charge is 0.401 e. The van der Waals surface area contributed by atoms with Gasteiger partial charge in [-0.25, -0.2) is 4.79 Å². The van der Waals surface area contributed by atoms with Crippen LogP contribution in [0.2, 0.25) is 0 Å². The Morgan fingerprint density at radius 3 is 0.880 bits per heavy atom. The SMILES string of the molecule is O=C(F)Nc1ccc(C2(c3ccc(NC(=O)I)cc3)c3cc(-c4ccc(-c5ccc(N(c6ccccc6)c6ccccc6)cc5)cc4)ccc3-c3ccc(-c4ccc(-c5ccc(N(c6ccccc6)c6ccccc6)cc5)cc4)cc32)cc1. The van der Waals surface area contributed by atoms with Gasteiger partial charge in [-0.05, 0) is 187 Å². The van der Waals surface area contributed by atoms with Crippen molar-refractivity contribution >= 4 is 78.2 Å². The highest BCUT2D eigenvalue weighted by Crippen LogP contribution is 2.58. The molecule has 0 heterocycles. The molecule has 13 rings (SSSR count). The normalized spacial score (nSPS) is 11.9. The fraction of sp³-hybridized carbons (Fsp3) is 0.0133. The highest BCUT2D eigenvalue weighted by atomic mass is 127. The molecule has 1 aliphatic rings. The molecule has 0 unspecified atom stereocenters. The Hall–Kier alpha value is -10.2. The summed E-state index contributed by atoms with van der Waals surface area (Å²) in [6.07, 6.45) is -1.63. The van der Waals surface area contributed by atoms with Gasteiger partial charge in [-0.3, -0.25) is 10.1 Å². The average molecular weight is 1190 g/mol. The van der Waals surface area contributed by atoms with Crippen molar-refractivity contribution < 1.29 is 14.0 Å². The zero-order valence-electron chi connectivity index (χ0n) is 44.8. The molecule has 398 valence electrons. The number of carbonyl (C=O) groups excluding carboxylic acids is 2. The van der Waals surface area contributed by atoms with E-state index in [1.54, 1.807) is 34.7 Å². The van der Waals surface area contributed by atoms with Crippen LogP contribution in [0.1, 0.15) is 22.3 Å². The number of nitrogens with zero attached hydrogens (tertiary/aromatic N) is 2. The molecule has 0 bridgehead atoms. The molecular weight excluding hydrogens is 1130 g/mol. The van der Waals surface area contributed by atoms with Gasteiger partial charge in [0.15, 0.2) is 0 Å². The van der Waals surface area contributed by atoms with E-state index >= 15 is 0 Å². The number of benzene rings is 12. The van der Waals surface area contributed by atoms with Crippen LogP contribution in [0, 0.1) is 0 Å². The Bertz CT molecular complexity index is 3900. The number of rotatable bonds is 14. The van der Waals surface area contributed by atoms with Crippen LogP contribution in [-0.2, 0) is 5.41 Å². The maximum atomic E-state index is 13.8. The molecule has 0 saturated carbocycles. The highest BCUT2D eigenvalue weighted by molar-refractivity contribution is 14.1. The highest BCUT2D eigenvalue weighted by Gasteiger charge is 2.46. The van der Waals surface area contributed by atoms with Gasteiger partial charge in [0, 0.05) is 68.1 Å². The number of para-hydroxylation sites is 4. The summed E-state index contributed by atoms with van der Waals surface area (Å²) in [5, 5.41) is 5.27. The minimum atomic E-state index is -1.63. The van der Waals surface area contributed by atoms with Crippen molar-refractivity contribution in [2.75, 3.05) is 20.4 Å². The van der Waals surface area contributed by atoms with E-state index in [-0.39, 0.29) is 3.91 Å².